The highest BCUT2D eigenvalue weighted by molar-refractivity contribution is 6.35. The summed E-state index contributed by atoms with van der Waals surface area (Å²) in [5.74, 6) is -0.290. The molecule has 0 aliphatic carbocycles. The van der Waals surface area contributed by atoms with Gasteiger partial charge in [0.15, 0.2) is 0 Å². The summed E-state index contributed by atoms with van der Waals surface area (Å²) in [4.78, 5) is 24.3. The second-order valence-corrected chi connectivity index (χ2v) is 4.80. The number of hydrogen-bond acceptors (Lipinski definition) is 4. The van der Waals surface area contributed by atoms with Crippen molar-refractivity contribution in [3.8, 4) is 0 Å². The molecular weight excluding hydrogens is 288 g/mol. The molecule has 21 heavy (non-hydrogen) atoms. The lowest BCUT2D eigenvalue weighted by Gasteiger charge is -2.06. The van der Waals surface area contributed by atoms with Gasteiger partial charge in [0.25, 0.3) is 5.91 Å². The van der Waals surface area contributed by atoms with E-state index in [-0.39, 0.29) is 11.6 Å². The molecule has 0 saturated heterocycles. The number of nitrogens with one attached hydrogen (secondary N) is 1. The van der Waals surface area contributed by atoms with Crippen molar-refractivity contribution >= 4 is 28.4 Å². The summed E-state index contributed by atoms with van der Waals surface area (Å²) in [6.45, 7) is 0.313. The Labute approximate surface area is 126 Å². The van der Waals surface area contributed by atoms with Crippen LogP contribution >= 0.6 is 11.6 Å². The lowest BCUT2D eigenvalue weighted by atomic mass is 10.2. The van der Waals surface area contributed by atoms with Crippen molar-refractivity contribution in [1.82, 2.24) is 20.3 Å². The fourth-order valence-electron chi connectivity index (χ4n) is 1.93. The van der Waals surface area contributed by atoms with Crippen molar-refractivity contribution < 1.29 is 4.79 Å². The fourth-order valence-corrected chi connectivity index (χ4v) is 2.20. The van der Waals surface area contributed by atoms with Gasteiger partial charge in [-0.15, -0.1) is 0 Å². The monoisotopic (exact) mass is 298 g/mol. The van der Waals surface area contributed by atoms with Crippen LogP contribution in [0.3, 0.4) is 0 Å². The SMILES string of the molecule is O=C(NCc1ccncn1)c1cc(Cl)c2ccccc2n1. The molecule has 0 spiro atoms. The first-order valence-electron chi connectivity index (χ1n) is 6.32. The van der Waals surface area contributed by atoms with Crippen molar-refractivity contribution in [3.05, 3.63) is 65.3 Å². The standard InChI is InChI=1S/C15H11ClN4O/c16-12-7-14(20-13-4-2-1-3-11(12)13)15(21)18-8-10-5-6-17-9-19-10/h1-7,9H,8H2,(H,18,21). The molecule has 0 radical (unpaired) electrons. The Morgan fingerprint density at radius 1 is 1.24 bits per heavy atom. The first-order valence-corrected chi connectivity index (χ1v) is 6.70. The minimum Gasteiger partial charge on any atom is -0.345 e. The summed E-state index contributed by atoms with van der Waals surface area (Å²) in [5.41, 5.74) is 1.70. The molecule has 1 N–H and O–H groups in total. The summed E-state index contributed by atoms with van der Waals surface area (Å²) in [5, 5.41) is 4.09. The number of carbonyl (C=O) groups excluding carboxylic acids is 1. The number of benzene rings is 1. The molecule has 5 nitrogen and oxygen atoms in total. The highest BCUT2D eigenvalue weighted by atomic mass is 35.5. The van der Waals surface area contributed by atoms with Gasteiger partial charge < -0.3 is 5.32 Å². The van der Waals surface area contributed by atoms with Crippen LogP contribution in [0.2, 0.25) is 5.02 Å². The van der Waals surface area contributed by atoms with Crippen LogP contribution < -0.4 is 5.32 Å². The van der Waals surface area contributed by atoms with Gasteiger partial charge >= 0.3 is 0 Å². The molecular formula is C15H11ClN4O. The van der Waals surface area contributed by atoms with Gasteiger partial charge in [-0.1, -0.05) is 29.8 Å². The molecule has 3 aromatic rings. The number of carbonyl (C=O) groups is 1. The lowest BCUT2D eigenvalue weighted by molar-refractivity contribution is 0.0946. The van der Waals surface area contributed by atoms with Crippen LogP contribution in [0.4, 0.5) is 0 Å². The van der Waals surface area contributed by atoms with Gasteiger partial charge in [0, 0.05) is 11.6 Å². The molecule has 0 aliphatic rings. The number of pyridine rings is 1. The first kappa shape index (κ1) is 13.5. The predicted molar refractivity (Wildman–Crippen MR) is 80.0 cm³/mol. The van der Waals surface area contributed by atoms with Crippen LogP contribution in [0, 0.1) is 0 Å². The second-order valence-electron chi connectivity index (χ2n) is 4.39. The second kappa shape index (κ2) is 5.85. The van der Waals surface area contributed by atoms with Crippen molar-refractivity contribution in [2.24, 2.45) is 0 Å². The summed E-state index contributed by atoms with van der Waals surface area (Å²) < 4.78 is 0. The van der Waals surface area contributed by atoms with Crippen LogP contribution in [0.1, 0.15) is 16.2 Å². The van der Waals surface area contributed by atoms with Crippen molar-refractivity contribution in [3.63, 3.8) is 0 Å². The van der Waals surface area contributed by atoms with Gasteiger partial charge in [-0.25, -0.2) is 15.0 Å². The maximum atomic E-state index is 12.1. The van der Waals surface area contributed by atoms with E-state index < -0.39 is 0 Å². The predicted octanol–water partition coefficient (Wildman–Crippen LogP) is 2.61. The fraction of sp³-hybridized carbons (Fsp3) is 0.0667. The van der Waals surface area contributed by atoms with E-state index in [2.05, 4.69) is 20.3 Å². The Balaban J connectivity index is 1.81. The number of halogens is 1. The maximum absolute atomic E-state index is 12.1. The van der Waals surface area contributed by atoms with Gasteiger partial charge in [-0.05, 0) is 18.2 Å². The lowest BCUT2D eigenvalue weighted by Crippen LogP contribution is -2.24. The molecule has 6 heteroatoms. The molecule has 2 heterocycles. The molecule has 0 atom stereocenters. The highest BCUT2D eigenvalue weighted by Gasteiger charge is 2.11. The Morgan fingerprint density at radius 2 is 2.10 bits per heavy atom. The van der Waals surface area contributed by atoms with Crippen molar-refractivity contribution in [1.29, 1.82) is 0 Å². The zero-order valence-corrected chi connectivity index (χ0v) is 11.7. The van der Waals surface area contributed by atoms with E-state index in [1.165, 1.54) is 6.33 Å². The van der Waals surface area contributed by atoms with E-state index in [4.69, 9.17) is 11.6 Å². The smallest absolute Gasteiger partial charge is 0.270 e. The third-order valence-electron chi connectivity index (χ3n) is 2.97. The van der Waals surface area contributed by atoms with Crippen molar-refractivity contribution in [2.75, 3.05) is 0 Å². The molecule has 1 aromatic carbocycles. The molecule has 0 saturated carbocycles. The van der Waals surface area contributed by atoms with Gasteiger partial charge in [0.2, 0.25) is 0 Å². The van der Waals surface area contributed by atoms with Gasteiger partial charge in [-0.2, -0.15) is 0 Å². The number of nitrogens with zero attached hydrogens (tertiary/aromatic N) is 3. The zero-order valence-electron chi connectivity index (χ0n) is 11.0. The molecule has 0 bridgehead atoms. The number of aromatic nitrogens is 3. The van der Waals surface area contributed by atoms with Crippen LogP contribution in [0.25, 0.3) is 10.9 Å². The minimum atomic E-state index is -0.290. The minimum absolute atomic E-state index is 0.285. The van der Waals surface area contributed by atoms with Gasteiger partial charge in [0.05, 0.1) is 22.8 Å². The van der Waals surface area contributed by atoms with E-state index in [1.54, 1.807) is 18.3 Å². The molecule has 0 aliphatic heterocycles. The van der Waals surface area contributed by atoms with Crippen molar-refractivity contribution in [2.45, 2.75) is 6.54 Å². The van der Waals surface area contributed by atoms with Crippen LogP contribution in [0.15, 0.2) is 48.9 Å². The summed E-state index contributed by atoms with van der Waals surface area (Å²) in [7, 11) is 0. The molecule has 3 rings (SSSR count). The van der Waals surface area contributed by atoms with Gasteiger partial charge in [0.1, 0.15) is 12.0 Å². The third kappa shape index (κ3) is 2.98. The molecule has 104 valence electrons. The van der Waals surface area contributed by atoms with Crippen LogP contribution in [-0.2, 0) is 6.54 Å². The number of hydrogen-bond donors (Lipinski definition) is 1. The number of para-hydroxylation sites is 1. The van der Waals surface area contributed by atoms with E-state index in [1.807, 2.05) is 24.3 Å². The quantitative estimate of drug-likeness (QED) is 0.807. The van der Waals surface area contributed by atoms with E-state index >= 15 is 0 Å². The van der Waals surface area contributed by atoms with Gasteiger partial charge in [-0.3, -0.25) is 4.79 Å². The largest absolute Gasteiger partial charge is 0.345 e. The molecule has 2 aromatic heterocycles. The Bertz CT molecular complexity index is 792. The summed E-state index contributed by atoms with van der Waals surface area (Å²) >= 11 is 6.18. The number of rotatable bonds is 3. The molecule has 0 fully saturated rings. The van der Waals surface area contributed by atoms with E-state index in [0.717, 1.165) is 11.1 Å². The Hall–Kier alpha value is -2.53. The van der Waals surface area contributed by atoms with Crippen LogP contribution in [-0.4, -0.2) is 20.9 Å². The Morgan fingerprint density at radius 3 is 2.90 bits per heavy atom. The highest BCUT2D eigenvalue weighted by Crippen LogP contribution is 2.22. The number of fused-ring (bicyclic) bond motifs is 1. The number of amides is 1. The van der Waals surface area contributed by atoms with E-state index in [9.17, 15) is 4.79 Å². The maximum Gasteiger partial charge on any atom is 0.270 e. The normalized spacial score (nSPS) is 10.5. The average molecular weight is 299 g/mol. The Kier molecular flexibility index (Phi) is 3.75. The van der Waals surface area contributed by atoms with Crippen LogP contribution in [0.5, 0.6) is 0 Å². The first-order chi connectivity index (χ1) is 10.2. The molecule has 1 amide bonds. The summed E-state index contributed by atoms with van der Waals surface area (Å²) in [6.07, 6.45) is 3.06. The third-order valence-corrected chi connectivity index (χ3v) is 3.28. The average Bonchev–Trinajstić information content (AvgIpc) is 2.53. The van der Waals surface area contributed by atoms with E-state index in [0.29, 0.717) is 17.1 Å². The topological polar surface area (TPSA) is 67.8 Å². The summed E-state index contributed by atoms with van der Waals surface area (Å²) in [6, 6.07) is 10.7. The molecule has 0 unspecified atom stereocenters. The zero-order chi connectivity index (χ0) is 14.7.